The van der Waals surface area contributed by atoms with Gasteiger partial charge in [-0.25, -0.2) is 4.98 Å². The van der Waals surface area contributed by atoms with Gasteiger partial charge in [0.25, 0.3) is 11.7 Å². The van der Waals surface area contributed by atoms with Gasteiger partial charge < -0.3 is 14.5 Å². The summed E-state index contributed by atoms with van der Waals surface area (Å²) in [6, 6.07) is 8.22. The lowest BCUT2D eigenvalue weighted by molar-refractivity contribution is -0.142. The van der Waals surface area contributed by atoms with E-state index in [1.54, 1.807) is 6.07 Å². The van der Waals surface area contributed by atoms with Crippen molar-refractivity contribution in [1.29, 1.82) is 0 Å². The highest BCUT2D eigenvalue weighted by molar-refractivity contribution is 6.31. The van der Waals surface area contributed by atoms with Crippen molar-refractivity contribution in [2.75, 3.05) is 12.4 Å². The van der Waals surface area contributed by atoms with E-state index in [-0.39, 0.29) is 17.1 Å². The Morgan fingerprint density at radius 1 is 1.23 bits per heavy atom. The van der Waals surface area contributed by atoms with E-state index >= 15 is 0 Å². The summed E-state index contributed by atoms with van der Waals surface area (Å²) in [6.07, 6.45) is -3.48. The van der Waals surface area contributed by atoms with Gasteiger partial charge in [-0.05, 0) is 36.4 Å². The number of methoxy groups -OCH3 is 1. The number of alkyl halides is 3. The number of benzene rings is 1. The van der Waals surface area contributed by atoms with Gasteiger partial charge in [-0.15, -0.1) is 5.10 Å². The summed E-state index contributed by atoms with van der Waals surface area (Å²) in [5, 5.41) is 6.47. The number of fused-ring (bicyclic) bond motifs is 1. The molecule has 0 aliphatic heterocycles. The number of ether oxygens (including phenoxy) is 1. The SMILES string of the molecule is COc1ccc(Cl)cc1NC(=O)c1nc2nc(-c3ccco3)cc(C(F)(F)F)n2n1. The smallest absolute Gasteiger partial charge is 0.433 e. The lowest BCUT2D eigenvalue weighted by Gasteiger charge is -2.09. The first-order valence-corrected chi connectivity index (χ1v) is 8.68. The van der Waals surface area contributed by atoms with E-state index in [0.717, 1.165) is 6.07 Å². The fourth-order valence-electron chi connectivity index (χ4n) is 2.67. The fourth-order valence-corrected chi connectivity index (χ4v) is 2.85. The molecule has 4 aromatic rings. The largest absolute Gasteiger partial charge is 0.495 e. The van der Waals surface area contributed by atoms with Gasteiger partial charge in [-0.2, -0.15) is 22.7 Å². The zero-order chi connectivity index (χ0) is 21.5. The molecule has 3 heterocycles. The van der Waals surface area contributed by atoms with Crippen LogP contribution in [-0.4, -0.2) is 32.6 Å². The van der Waals surface area contributed by atoms with E-state index in [1.165, 1.54) is 37.6 Å². The Bertz CT molecular complexity index is 1240. The molecule has 12 heteroatoms. The normalized spacial score (nSPS) is 11.6. The molecular weight excluding hydrogens is 427 g/mol. The number of nitrogens with zero attached hydrogens (tertiary/aromatic N) is 4. The number of furan rings is 1. The molecule has 0 fully saturated rings. The third-order valence-corrected chi connectivity index (χ3v) is 4.22. The van der Waals surface area contributed by atoms with Crippen LogP contribution >= 0.6 is 11.6 Å². The second-order valence-corrected chi connectivity index (χ2v) is 6.38. The summed E-state index contributed by atoms with van der Waals surface area (Å²) in [6.45, 7) is 0. The Kier molecular flexibility index (Phi) is 4.82. The zero-order valence-corrected chi connectivity index (χ0v) is 15.8. The van der Waals surface area contributed by atoms with Crippen LogP contribution in [0.25, 0.3) is 17.2 Å². The van der Waals surface area contributed by atoms with E-state index in [1.807, 2.05) is 0 Å². The van der Waals surface area contributed by atoms with E-state index in [4.69, 9.17) is 20.8 Å². The monoisotopic (exact) mass is 437 g/mol. The van der Waals surface area contributed by atoms with Gasteiger partial charge in [0.2, 0.25) is 5.82 Å². The summed E-state index contributed by atoms with van der Waals surface area (Å²) in [4.78, 5) is 20.4. The van der Waals surface area contributed by atoms with Crippen molar-refractivity contribution >= 4 is 29.0 Å². The van der Waals surface area contributed by atoms with Gasteiger partial charge in [0.1, 0.15) is 11.4 Å². The standard InChI is InChI=1S/C18H11ClF3N5O3/c1-29-12-5-4-9(19)7-10(12)23-16(28)15-25-17-24-11(13-3-2-6-30-13)8-14(18(20,21)22)27(17)26-15/h2-8H,1H3,(H,23,28). The number of hydrogen-bond acceptors (Lipinski definition) is 6. The van der Waals surface area contributed by atoms with Crippen molar-refractivity contribution in [2.45, 2.75) is 6.18 Å². The molecule has 1 N–H and O–H groups in total. The number of carbonyl (C=O) groups excluding carboxylic acids is 1. The number of nitrogens with one attached hydrogen (secondary N) is 1. The summed E-state index contributed by atoms with van der Waals surface area (Å²) in [7, 11) is 1.39. The van der Waals surface area contributed by atoms with E-state index in [2.05, 4.69) is 20.4 Å². The van der Waals surface area contributed by atoms with Gasteiger partial charge in [0, 0.05) is 5.02 Å². The number of aromatic nitrogens is 4. The molecule has 0 bridgehead atoms. The summed E-state index contributed by atoms with van der Waals surface area (Å²) in [5.41, 5.74) is -1.06. The molecule has 0 spiro atoms. The summed E-state index contributed by atoms with van der Waals surface area (Å²) >= 11 is 5.92. The summed E-state index contributed by atoms with van der Waals surface area (Å²) < 4.78 is 51.4. The lowest BCUT2D eigenvalue weighted by Crippen LogP contribution is -2.16. The van der Waals surface area contributed by atoms with Crippen LogP contribution in [0.1, 0.15) is 16.3 Å². The van der Waals surface area contributed by atoms with Crippen LogP contribution in [0, 0.1) is 0 Å². The van der Waals surface area contributed by atoms with E-state index in [0.29, 0.717) is 15.3 Å². The van der Waals surface area contributed by atoms with E-state index in [9.17, 15) is 18.0 Å². The Balaban J connectivity index is 1.77. The maximum Gasteiger partial charge on any atom is 0.433 e. The number of amides is 1. The highest BCUT2D eigenvalue weighted by Gasteiger charge is 2.36. The lowest BCUT2D eigenvalue weighted by atomic mass is 10.2. The average molecular weight is 438 g/mol. The van der Waals surface area contributed by atoms with Gasteiger partial charge in [-0.1, -0.05) is 11.6 Å². The summed E-state index contributed by atoms with van der Waals surface area (Å²) in [5.74, 6) is -1.40. The first-order valence-electron chi connectivity index (χ1n) is 8.30. The van der Waals surface area contributed by atoms with Crippen LogP contribution in [0.15, 0.2) is 47.1 Å². The van der Waals surface area contributed by atoms with Gasteiger partial charge >= 0.3 is 6.18 Å². The Labute approximate surface area is 171 Å². The van der Waals surface area contributed by atoms with Crippen molar-refractivity contribution < 1.29 is 27.1 Å². The molecule has 30 heavy (non-hydrogen) atoms. The fraction of sp³-hybridized carbons (Fsp3) is 0.111. The molecule has 8 nitrogen and oxygen atoms in total. The molecule has 3 aromatic heterocycles. The molecule has 1 amide bonds. The molecule has 0 saturated heterocycles. The van der Waals surface area contributed by atoms with Crippen LogP contribution in [0.3, 0.4) is 0 Å². The van der Waals surface area contributed by atoms with Crippen molar-refractivity contribution in [3.63, 3.8) is 0 Å². The molecule has 154 valence electrons. The second kappa shape index (κ2) is 7.34. The zero-order valence-electron chi connectivity index (χ0n) is 15.1. The Morgan fingerprint density at radius 3 is 2.70 bits per heavy atom. The first kappa shape index (κ1) is 19.7. The van der Waals surface area contributed by atoms with Crippen LogP contribution in [0.4, 0.5) is 18.9 Å². The third-order valence-electron chi connectivity index (χ3n) is 3.99. The topological polar surface area (TPSA) is 94.5 Å². The van der Waals surface area contributed by atoms with Crippen molar-refractivity contribution in [3.05, 3.63) is 59.2 Å². The van der Waals surface area contributed by atoms with Crippen LogP contribution < -0.4 is 10.1 Å². The molecule has 1 aromatic carbocycles. The van der Waals surface area contributed by atoms with E-state index < -0.39 is 29.4 Å². The van der Waals surface area contributed by atoms with Crippen molar-refractivity contribution in [1.82, 2.24) is 19.6 Å². The maximum absolute atomic E-state index is 13.6. The number of rotatable bonds is 4. The minimum Gasteiger partial charge on any atom is -0.495 e. The number of anilines is 1. The minimum atomic E-state index is -4.78. The van der Waals surface area contributed by atoms with Crippen molar-refractivity contribution in [3.8, 4) is 17.2 Å². The molecule has 0 aliphatic carbocycles. The maximum atomic E-state index is 13.6. The molecule has 0 aliphatic rings. The molecule has 0 atom stereocenters. The molecule has 0 radical (unpaired) electrons. The highest BCUT2D eigenvalue weighted by Crippen LogP contribution is 2.32. The molecule has 0 saturated carbocycles. The minimum absolute atomic E-state index is 0.101. The Hall–Kier alpha value is -3.60. The predicted octanol–water partition coefficient (Wildman–Crippen LogP) is 4.32. The van der Waals surface area contributed by atoms with Gasteiger partial charge in [0.15, 0.2) is 11.5 Å². The third kappa shape index (κ3) is 3.66. The van der Waals surface area contributed by atoms with Crippen LogP contribution in [-0.2, 0) is 6.18 Å². The number of hydrogen-bond donors (Lipinski definition) is 1. The van der Waals surface area contributed by atoms with Crippen LogP contribution in [0.5, 0.6) is 5.75 Å². The predicted molar refractivity (Wildman–Crippen MR) is 99.4 cm³/mol. The first-order chi connectivity index (χ1) is 14.3. The number of halogens is 4. The van der Waals surface area contributed by atoms with Gasteiger partial charge in [-0.3, -0.25) is 4.79 Å². The second-order valence-electron chi connectivity index (χ2n) is 5.95. The Morgan fingerprint density at radius 2 is 2.03 bits per heavy atom. The quantitative estimate of drug-likeness (QED) is 0.511. The van der Waals surface area contributed by atoms with Crippen LogP contribution in [0.2, 0.25) is 5.02 Å². The van der Waals surface area contributed by atoms with Gasteiger partial charge in [0.05, 0.1) is 19.1 Å². The highest BCUT2D eigenvalue weighted by atomic mass is 35.5. The molecule has 4 rings (SSSR count). The molecular formula is C18H11ClF3N5O3. The molecule has 0 unspecified atom stereocenters. The van der Waals surface area contributed by atoms with Crippen molar-refractivity contribution in [2.24, 2.45) is 0 Å². The average Bonchev–Trinajstić information content (AvgIpc) is 3.36. The number of carbonyl (C=O) groups is 1.